The van der Waals surface area contributed by atoms with Crippen LogP contribution >= 0.6 is 34.3 Å². The first kappa shape index (κ1) is 8.23. The van der Waals surface area contributed by atoms with Crippen molar-refractivity contribution in [3.05, 3.63) is 21.3 Å². The van der Waals surface area contributed by atoms with E-state index in [0.29, 0.717) is 0 Å². The lowest BCUT2D eigenvalue weighted by Crippen LogP contribution is -1.86. The highest BCUT2D eigenvalue weighted by molar-refractivity contribution is 7.39. The quantitative estimate of drug-likeness (QED) is 0.663. The highest BCUT2D eigenvalue weighted by Crippen LogP contribution is 2.36. The van der Waals surface area contributed by atoms with Crippen LogP contribution in [0, 0.1) is 0 Å². The minimum atomic E-state index is 0.107. The number of carbonyl (C=O) groups excluding carboxylic acids is 1. The van der Waals surface area contributed by atoms with E-state index in [9.17, 15) is 4.79 Å². The molecule has 0 atom stereocenters. The van der Waals surface area contributed by atoms with Crippen LogP contribution in [0.25, 0.3) is 9.40 Å². The summed E-state index contributed by atoms with van der Waals surface area (Å²) < 4.78 is 1.88. The number of fused-ring (bicyclic) bond motifs is 1. The highest BCUT2D eigenvalue weighted by atomic mass is 35.5. The molecular formula is C8H5ClOS2. The third-order valence-electron chi connectivity index (χ3n) is 1.62. The summed E-state index contributed by atoms with van der Waals surface area (Å²) in [5.74, 6) is 0.107. The van der Waals surface area contributed by atoms with Crippen molar-refractivity contribution in [2.75, 3.05) is 0 Å². The van der Waals surface area contributed by atoms with Gasteiger partial charge in [0.25, 0.3) is 0 Å². The van der Waals surface area contributed by atoms with Crippen LogP contribution < -0.4 is 0 Å². The summed E-state index contributed by atoms with van der Waals surface area (Å²) in [6.07, 6.45) is 0. The van der Waals surface area contributed by atoms with Crippen LogP contribution in [0.15, 0.2) is 11.4 Å². The van der Waals surface area contributed by atoms with Crippen LogP contribution in [0.5, 0.6) is 0 Å². The van der Waals surface area contributed by atoms with Crippen molar-refractivity contribution >= 4 is 49.5 Å². The minimum Gasteiger partial charge on any atom is -0.294 e. The van der Waals surface area contributed by atoms with Gasteiger partial charge in [-0.25, -0.2) is 0 Å². The van der Waals surface area contributed by atoms with Crippen LogP contribution in [0.1, 0.15) is 17.3 Å². The summed E-state index contributed by atoms with van der Waals surface area (Å²) in [5.41, 5.74) is 0.790. The minimum absolute atomic E-state index is 0.107. The third-order valence-corrected chi connectivity index (χ3v) is 4.01. The molecule has 4 heteroatoms. The zero-order valence-corrected chi connectivity index (χ0v) is 8.65. The molecule has 62 valence electrons. The number of hydrogen-bond donors (Lipinski definition) is 0. The van der Waals surface area contributed by atoms with Crippen molar-refractivity contribution in [1.29, 1.82) is 0 Å². The van der Waals surface area contributed by atoms with E-state index in [1.807, 2.05) is 11.4 Å². The summed E-state index contributed by atoms with van der Waals surface area (Å²) in [6.45, 7) is 1.58. The van der Waals surface area contributed by atoms with Gasteiger partial charge in [-0.2, -0.15) is 0 Å². The van der Waals surface area contributed by atoms with Gasteiger partial charge in [0.2, 0.25) is 0 Å². The van der Waals surface area contributed by atoms with Gasteiger partial charge in [-0.15, -0.1) is 22.7 Å². The smallest absolute Gasteiger partial charge is 0.161 e. The van der Waals surface area contributed by atoms with Gasteiger partial charge in [-0.1, -0.05) is 11.6 Å². The SMILES string of the molecule is CC(=O)c1csc2sc(Cl)cc12. The molecule has 0 aromatic carbocycles. The van der Waals surface area contributed by atoms with Crippen LogP contribution in [-0.2, 0) is 0 Å². The van der Waals surface area contributed by atoms with Crippen LogP contribution in [0.2, 0.25) is 4.34 Å². The fourth-order valence-corrected chi connectivity index (χ4v) is 3.60. The maximum atomic E-state index is 11.1. The van der Waals surface area contributed by atoms with Gasteiger partial charge in [0, 0.05) is 16.3 Å². The molecule has 0 fully saturated rings. The first-order valence-electron chi connectivity index (χ1n) is 3.36. The maximum absolute atomic E-state index is 11.1. The van der Waals surface area contributed by atoms with E-state index in [1.54, 1.807) is 18.3 Å². The predicted molar refractivity (Wildman–Crippen MR) is 54.7 cm³/mol. The molecule has 0 saturated heterocycles. The molecule has 0 bridgehead atoms. The molecule has 2 heterocycles. The number of thiophene rings is 2. The van der Waals surface area contributed by atoms with Crippen molar-refractivity contribution in [2.45, 2.75) is 6.92 Å². The molecule has 0 unspecified atom stereocenters. The second-order valence-electron chi connectivity index (χ2n) is 2.46. The molecule has 0 N–H and O–H groups in total. The number of halogens is 1. The average molecular weight is 217 g/mol. The largest absolute Gasteiger partial charge is 0.294 e. The van der Waals surface area contributed by atoms with Crippen molar-refractivity contribution in [2.24, 2.45) is 0 Å². The molecule has 2 aromatic heterocycles. The van der Waals surface area contributed by atoms with Gasteiger partial charge < -0.3 is 0 Å². The predicted octanol–water partition coefficient (Wildman–Crippen LogP) is 3.82. The molecule has 0 radical (unpaired) electrons. The van der Waals surface area contributed by atoms with Crippen LogP contribution in [0.3, 0.4) is 0 Å². The van der Waals surface area contributed by atoms with E-state index in [1.165, 1.54) is 11.3 Å². The number of Topliss-reactive ketones (excluding diaryl/α,β-unsaturated/α-hetero) is 1. The summed E-state index contributed by atoms with van der Waals surface area (Å²) in [6, 6.07) is 1.86. The first-order chi connectivity index (χ1) is 5.68. The first-order valence-corrected chi connectivity index (χ1v) is 5.43. The topological polar surface area (TPSA) is 17.1 Å². The summed E-state index contributed by atoms with van der Waals surface area (Å²) in [5, 5.41) is 2.89. The monoisotopic (exact) mass is 216 g/mol. The highest BCUT2D eigenvalue weighted by Gasteiger charge is 2.10. The van der Waals surface area contributed by atoms with Crippen molar-refractivity contribution in [3.8, 4) is 0 Å². The molecule has 0 saturated carbocycles. The van der Waals surface area contributed by atoms with Crippen molar-refractivity contribution < 1.29 is 4.79 Å². The summed E-state index contributed by atoms with van der Waals surface area (Å²) in [7, 11) is 0. The van der Waals surface area contributed by atoms with E-state index in [-0.39, 0.29) is 5.78 Å². The fourth-order valence-electron chi connectivity index (χ4n) is 1.07. The zero-order valence-electron chi connectivity index (χ0n) is 6.26. The molecule has 0 spiro atoms. The molecule has 1 nitrogen and oxygen atoms in total. The Labute approximate surface area is 82.6 Å². The van der Waals surface area contributed by atoms with Crippen LogP contribution in [0.4, 0.5) is 0 Å². The van der Waals surface area contributed by atoms with E-state index < -0.39 is 0 Å². The molecule has 0 amide bonds. The van der Waals surface area contributed by atoms with Gasteiger partial charge >= 0.3 is 0 Å². The van der Waals surface area contributed by atoms with E-state index in [0.717, 1.165) is 19.3 Å². The molecule has 12 heavy (non-hydrogen) atoms. The van der Waals surface area contributed by atoms with E-state index in [2.05, 4.69) is 0 Å². The number of ketones is 1. The lowest BCUT2D eigenvalue weighted by atomic mass is 10.2. The Morgan fingerprint density at radius 3 is 3.00 bits per heavy atom. The van der Waals surface area contributed by atoms with E-state index in [4.69, 9.17) is 11.6 Å². The average Bonchev–Trinajstić information content (AvgIpc) is 2.43. The Hall–Kier alpha value is -0.380. The van der Waals surface area contributed by atoms with E-state index >= 15 is 0 Å². The standard InChI is InChI=1S/C8H5ClOS2/c1-4(10)6-3-11-8-5(6)2-7(9)12-8/h2-3H,1H3. The van der Waals surface area contributed by atoms with Gasteiger partial charge in [-0.3, -0.25) is 4.79 Å². The number of rotatable bonds is 1. The summed E-state index contributed by atoms with van der Waals surface area (Å²) in [4.78, 5) is 11.1. The van der Waals surface area contributed by atoms with Gasteiger partial charge in [0.15, 0.2) is 5.78 Å². The maximum Gasteiger partial charge on any atom is 0.161 e. The third kappa shape index (κ3) is 1.18. The lowest BCUT2D eigenvalue weighted by molar-refractivity contribution is 0.101. The molecule has 0 aliphatic carbocycles. The molecule has 2 rings (SSSR count). The van der Waals surface area contributed by atoms with Crippen molar-refractivity contribution in [1.82, 2.24) is 0 Å². The second kappa shape index (κ2) is 2.83. The van der Waals surface area contributed by atoms with Crippen LogP contribution in [-0.4, -0.2) is 5.78 Å². The molecule has 2 aromatic rings. The lowest BCUT2D eigenvalue weighted by Gasteiger charge is -1.85. The van der Waals surface area contributed by atoms with Gasteiger partial charge in [0.1, 0.15) is 0 Å². The Kier molecular flexibility index (Phi) is 1.94. The number of carbonyl (C=O) groups is 1. The summed E-state index contributed by atoms with van der Waals surface area (Å²) >= 11 is 8.91. The Morgan fingerprint density at radius 1 is 1.58 bits per heavy atom. The fraction of sp³-hybridized carbons (Fsp3) is 0.125. The Balaban J connectivity index is 2.76. The Morgan fingerprint density at radius 2 is 2.33 bits per heavy atom. The Bertz CT molecular complexity index is 441. The normalized spacial score (nSPS) is 10.8. The van der Waals surface area contributed by atoms with Crippen molar-refractivity contribution in [3.63, 3.8) is 0 Å². The van der Waals surface area contributed by atoms with Gasteiger partial charge in [-0.05, 0) is 13.0 Å². The zero-order chi connectivity index (χ0) is 8.72. The number of hydrogen-bond acceptors (Lipinski definition) is 3. The second-order valence-corrected chi connectivity index (χ2v) is 5.28. The molecular weight excluding hydrogens is 212 g/mol. The molecule has 0 aliphatic rings. The van der Waals surface area contributed by atoms with Gasteiger partial charge in [0.05, 0.1) is 8.35 Å². The molecule has 0 aliphatic heterocycles.